The smallest absolute Gasteiger partial charge is 0.322 e. The van der Waals surface area contributed by atoms with Gasteiger partial charge in [0.25, 0.3) is 5.89 Å². The van der Waals surface area contributed by atoms with E-state index < -0.39 is 17.5 Å². The minimum atomic E-state index is -3.17. The number of amides is 1. The van der Waals surface area contributed by atoms with Crippen LogP contribution >= 0.6 is 0 Å². The Morgan fingerprint density at radius 1 is 1.14 bits per heavy atom. The molecule has 1 heterocycles. The standard InChI is InChI=1S/C27H29F3N4O2/c1-23(28,29)22-32-21(33-36-22)26-8-5-24(6-9-26,7-10-26)17-34(19-4-2-3-18(11-19)13-31)20(35)12-25-14-27(30,15-25)16-25/h2-4,11H,5-10,12,14-17H2,1H3. The van der Waals surface area contributed by atoms with Crippen molar-refractivity contribution in [1.29, 1.82) is 5.26 Å². The number of nitriles is 1. The van der Waals surface area contributed by atoms with Crippen LogP contribution < -0.4 is 4.90 Å². The summed E-state index contributed by atoms with van der Waals surface area (Å²) in [6, 6.07) is 9.25. The molecule has 6 fully saturated rings. The number of alkyl halides is 3. The molecular formula is C27H29F3N4O2. The predicted molar refractivity (Wildman–Crippen MR) is 124 cm³/mol. The Hall–Kier alpha value is -2.89. The summed E-state index contributed by atoms with van der Waals surface area (Å²) >= 11 is 0. The fourth-order valence-corrected chi connectivity index (χ4v) is 7.32. The van der Waals surface area contributed by atoms with Gasteiger partial charge >= 0.3 is 5.92 Å². The molecule has 4 bridgehead atoms. The van der Waals surface area contributed by atoms with Gasteiger partial charge in [0.05, 0.1) is 11.6 Å². The summed E-state index contributed by atoms with van der Waals surface area (Å²) < 4.78 is 46.3. The van der Waals surface area contributed by atoms with Crippen molar-refractivity contribution < 1.29 is 22.5 Å². The maximum atomic E-state index is 14.1. The lowest BCUT2D eigenvalue weighted by molar-refractivity contribution is -0.215. The zero-order valence-electron chi connectivity index (χ0n) is 20.3. The SMILES string of the molecule is CC(F)(F)c1nc(C23CCC(CN(C(=O)CC45CC(F)(C4)C5)c4cccc(C#N)c4)(CC2)CC3)no1. The molecule has 0 unspecified atom stereocenters. The molecule has 6 aliphatic rings. The van der Waals surface area contributed by atoms with Gasteiger partial charge in [-0.2, -0.15) is 19.0 Å². The second-order valence-corrected chi connectivity index (χ2v) is 12.1. The molecule has 9 heteroatoms. The lowest BCUT2D eigenvalue weighted by atomic mass is 9.41. The van der Waals surface area contributed by atoms with Gasteiger partial charge in [-0.1, -0.05) is 11.2 Å². The molecule has 190 valence electrons. The first kappa shape index (κ1) is 23.5. The second-order valence-electron chi connectivity index (χ2n) is 12.1. The molecule has 0 spiro atoms. The third-order valence-corrected chi connectivity index (χ3v) is 9.36. The molecule has 0 saturated heterocycles. The molecule has 0 aliphatic heterocycles. The van der Waals surface area contributed by atoms with Crippen molar-refractivity contribution in [2.75, 3.05) is 11.4 Å². The molecule has 0 atom stereocenters. The van der Waals surface area contributed by atoms with Crippen molar-refractivity contribution in [1.82, 2.24) is 10.1 Å². The topological polar surface area (TPSA) is 83.0 Å². The van der Waals surface area contributed by atoms with E-state index in [2.05, 4.69) is 16.2 Å². The average molecular weight is 499 g/mol. The summed E-state index contributed by atoms with van der Waals surface area (Å²) in [5.41, 5.74) is -0.556. The van der Waals surface area contributed by atoms with E-state index in [1.807, 2.05) is 11.0 Å². The number of aromatic nitrogens is 2. The number of halogens is 3. The predicted octanol–water partition coefficient (Wildman–Crippen LogP) is 5.96. The molecule has 6 aliphatic carbocycles. The number of carbonyl (C=O) groups excluding carboxylic acids is 1. The van der Waals surface area contributed by atoms with Crippen LogP contribution in [-0.2, 0) is 16.1 Å². The van der Waals surface area contributed by atoms with Gasteiger partial charge in [0.15, 0.2) is 5.82 Å². The van der Waals surface area contributed by atoms with Gasteiger partial charge in [0.1, 0.15) is 5.67 Å². The largest absolute Gasteiger partial charge is 0.333 e. The lowest BCUT2D eigenvalue weighted by Gasteiger charge is -2.66. The number of hydrogen-bond donors (Lipinski definition) is 0. The lowest BCUT2D eigenvalue weighted by Crippen LogP contribution is -2.65. The Labute approximate surface area is 207 Å². The van der Waals surface area contributed by atoms with Gasteiger partial charge in [-0.3, -0.25) is 4.79 Å². The molecular weight excluding hydrogens is 469 g/mol. The molecule has 0 radical (unpaired) electrons. The van der Waals surface area contributed by atoms with Crippen LogP contribution in [0, 0.1) is 22.2 Å². The summed E-state index contributed by atoms with van der Waals surface area (Å²) in [4.78, 5) is 19.5. The maximum absolute atomic E-state index is 14.1. The van der Waals surface area contributed by atoms with Crippen LogP contribution in [0.3, 0.4) is 0 Å². The third-order valence-electron chi connectivity index (χ3n) is 9.36. The van der Waals surface area contributed by atoms with E-state index in [0.29, 0.717) is 49.3 Å². The molecule has 6 nitrogen and oxygen atoms in total. The number of nitrogens with zero attached hydrogens (tertiary/aromatic N) is 4. The fraction of sp³-hybridized carbons (Fsp3) is 0.630. The monoisotopic (exact) mass is 498 g/mol. The molecule has 6 saturated carbocycles. The fourth-order valence-electron chi connectivity index (χ4n) is 7.32. The van der Waals surface area contributed by atoms with Crippen molar-refractivity contribution in [3.63, 3.8) is 0 Å². The van der Waals surface area contributed by atoms with E-state index >= 15 is 0 Å². The van der Waals surface area contributed by atoms with Gasteiger partial charge in [-0.05, 0) is 86.8 Å². The van der Waals surface area contributed by atoms with Crippen LogP contribution in [0.15, 0.2) is 28.8 Å². The van der Waals surface area contributed by atoms with E-state index in [4.69, 9.17) is 4.52 Å². The first-order chi connectivity index (χ1) is 17.0. The van der Waals surface area contributed by atoms with Gasteiger partial charge in [0.2, 0.25) is 5.91 Å². The number of hydrogen-bond acceptors (Lipinski definition) is 5. The Bertz CT molecular complexity index is 1220. The summed E-state index contributed by atoms with van der Waals surface area (Å²) in [6.45, 7) is 1.28. The summed E-state index contributed by atoms with van der Waals surface area (Å²) in [7, 11) is 0. The van der Waals surface area contributed by atoms with Crippen LogP contribution in [0.1, 0.15) is 88.4 Å². The van der Waals surface area contributed by atoms with Gasteiger partial charge in [0, 0.05) is 31.0 Å². The summed E-state index contributed by atoms with van der Waals surface area (Å²) in [6.07, 6.45) is 6.42. The molecule has 1 aromatic carbocycles. The van der Waals surface area contributed by atoms with Crippen molar-refractivity contribution in [3.8, 4) is 6.07 Å². The van der Waals surface area contributed by atoms with Crippen LogP contribution in [0.4, 0.5) is 18.9 Å². The number of carbonyl (C=O) groups is 1. The highest BCUT2D eigenvalue weighted by Crippen LogP contribution is 2.71. The van der Waals surface area contributed by atoms with E-state index in [1.54, 1.807) is 18.2 Å². The Balaban J connectivity index is 1.22. The molecule has 0 N–H and O–H groups in total. The maximum Gasteiger partial charge on any atom is 0.322 e. The van der Waals surface area contributed by atoms with E-state index in [1.165, 1.54) is 0 Å². The highest BCUT2D eigenvalue weighted by Gasteiger charge is 2.69. The highest BCUT2D eigenvalue weighted by atomic mass is 19.3. The highest BCUT2D eigenvalue weighted by molar-refractivity contribution is 5.94. The third kappa shape index (κ3) is 3.72. The zero-order chi connectivity index (χ0) is 25.4. The van der Waals surface area contributed by atoms with Gasteiger partial charge in [-0.15, -0.1) is 0 Å². The van der Waals surface area contributed by atoms with Crippen molar-refractivity contribution in [2.45, 2.75) is 88.1 Å². The number of fused-ring (bicyclic) bond motifs is 3. The van der Waals surface area contributed by atoms with Gasteiger partial charge < -0.3 is 9.42 Å². The van der Waals surface area contributed by atoms with Gasteiger partial charge in [-0.25, -0.2) is 4.39 Å². The first-order valence-corrected chi connectivity index (χ1v) is 12.7. The van der Waals surface area contributed by atoms with Crippen molar-refractivity contribution >= 4 is 11.6 Å². The molecule has 1 amide bonds. The Morgan fingerprint density at radius 3 is 2.36 bits per heavy atom. The Morgan fingerprint density at radius 2 is 1.81 bits per heavy atom. The van der Waals surface area contributed by atoms with E-state index in [0.717, 1.165) is 45.4 Å². The average Bonchev–Trinajstić information content (AvgIpc) is 3.34. The van der Waals surface area contributed by atoms with Crippen LogP contribution in [0.25, 0.3) is 0 Å². The molecule has 2 aromatic rings. The van der Waals surface area contributed by atoms with E-state index in [-0.39, 0.29) is 22.2 Å². The van der Waals surface area contributed by atoms with Crippen LogP contribution in [0.5, 0.6) is 0 Å². The number of rotatable bonds is 7. The van der Waals surface area contributed by atoms with Crippen LogP contribution in [0.2, 0.25) is 0 Å². The molecule has 36 heavy (non-hydrogen) atoms. The van der Waals surface area contributed by atoms with Crippen molar-refractivity contribution in [3.05, 3.63) is 41.5 Å². The zero-order valence-corrected chi connectivity index (χ0v) is 20.3. The molecule has 8 rings (SSSR count). The van der Waals surface area contributed by atoms with Crippen molar-refractivity contribution in [2.24, 2.45) is 10.8 Å². The number of benzene rings is 1. The quantitative estimate of drug-likeness (QED) is 0.470. The summed E-state index contributed by atoms with van der Waals surface area (Å²) in [5.74, 6) is -3.47. The first-order valence-electron chi connectivity index (χ1n) is 12.7. The number of anilines is 1. The summed E-state index contributed by atoms with van der Waals surface area (Å²) in [5, 5.41) is 13.3. The minimum absolute atomic E-state index is 0.0170. The second kappa shape index (κ2) is 7.56. The molecule has 1 aromatic heterocycles. The van der Waals surface area contributed by atoms with Crippen LogP contribution in [-0.4, -0.2) is 28.3 Å². The normalized spacial score (nSPS) is 34.4. The van der Waals surface area contributed by atoms with E-state index in [9.17, 15) is 23.2 Å². The Kier molecular flexibility index (Phi) is 4.94. The minimum Gasteiger partial charge on any atom is -0.333 e.